The van der Waals surface area contributed by atoms with Crippen molar-refractivity contribution in [2.24, 2.45) is 17.6 Å². The molecule has 126 valence electrons. The van der Waals surface area contributed by atoms with E-state index in [2.05, 4.69) is 0 Å². The molecule has 22 heavy (non-hydrogen) atoms. The maximum Gasteiger partial charge on any atom is 0.225 e. The Morgan fingerprint density at radius 2 is 1.73 bits per heavy atom. The summed E-state index contributed by atoms with van der Waals surface area (Å²) in [6, 6.07) is 0. The second-order valence-electron chi connectivity index (χ2n) is 5.89. The van der Waals surface area contributed by atoms with Crippen molar-refractivity contribution in [3.05, 3.63) is 0 Å². The molecule has 0 spiro atoms. The minimum absolute atomic E-state index is 0.0335. The third-order valence-corrected chi connectivity index (χ3v) is 5.51. The summed E-state index contributed by atoms with van der Waals surface area (Å²) in [6.07, 6.45) is 2.42. The van der Waals surface area contributed by atoms with Gasteiger partial charge in [0.05, 0.1) is 12.2 Å². The minimum atomic E-state index is -3.42. The van der Waals surface area contributed by atoms with E-state index in [-0.39, 0.29) is 38.0 Å². The van der Waals surface area contributed by atoms with E-state index >= 15 is 0 Å². The van der Waals surface area contributed by atoms with Crippen molar-refractivity contribution in [1.82, 2.24) is 9.21 Å². The molecule has 0 saturated carbocycles. The highest BCUT2D eigenvalue weighted by Gasteiger charge is 2.34. The Bertz CT molecular complexity index is 530. The van der Waals surface area contributed by atoms with Gasteiger partial charge >= 0.3 is 0 Å². The molecule has 0 aromatic rings. The Labute approximate surface area is 130 Å². The van der Waals surface area contributed by atoms with E-state index in [1.807, 2.05) is 0 Å². The topological polar surface area (TPSA) is 110 Å². The summed E-state index contributed by atoms with van der Waals surface area (Å²) < 4.78 is 30.0. The molecular formula is C13H23N3O5S. The van der Waals surface area contributed by atoms with Gasteiger partial charge in [-0.05, 0) is 12.8 Å². The first-order valence-electron chi connectivity index (χ1n) is 7.40. The number of hydrogen-bond donors (Lipinski definition) is 1. The van der Waals surface area contributed by atoms with Gasteiger partial charge in [0.1, 0.15) is 0 Å². The average molecular weight is 333 g/mol. The summed E-state index contributed by atoms with van der Waals surface area (Å²) in [5.74, 6) is -1.42. The molecule has 0 aromatic carbocycles. The summed E-state index contributed by atoms with van der Waals surface area (Å²) in [5.41, 5.74) is 5.36. The molecule has 0 radical (unpaired) electrons. The first-order chi connectivity index (χ1) is 10.3. The normalized spacial score (nSPS) is 25.7. The number of carbonyl (C=O) groups excluding carboxylic acids is 2. The van der Waals surface area contributed by atoms with Crippen LogP contribution in [-0.2, 0) is 24.3 Å². The lowest BCUT2D eigenvalue weighted by Gasteiger charge is -2.29. The highest BCUT2D eigenvalue weighted by molar-refractivity contribution is 7.88. The van der Waals surface area contributed by atoms with E-state index in [1.54, 1.807) is 4.90 Å². The zero-order valence-corrected chi connectivity index (χ0v) is 13.5. The van der Waals surface area contributed by atoms with Gasteiger partial charge in [-0.1, -0.05) is 0 Å². The lowest BCUT2D eigenvalue weighted by Crippen LogP contribution is -2.43. The predicted octanol–water partition coefficient (Wildman–Crippen LogP) is -1.38. The van der Waals surface area contributed by atoms with Crippen molar-refractivity contribution in [1.29, 1.82) is 0 Å². The van der Waals surface area contributed by atoms with E-state index in [0.29, 0.717) is 26.1 Å². The number of primary amides is 1. The Morgan fingerprint density at radius 3 is 2.27 bits per heavy atom. The van der Waals surface area contributed by atoms with Crippen LogP contribution in [0.5, 0.6) is 0 Å². The third kappa shape index (κ3) is 4.17. The van der Waals surface area contributed by atoms with Crippen LogP contribution >= 0.6 is 0 Å². The molecular weight excluding hydrogens is 310 g/mol. The monoisotopic (exact) mass is 333 g/mol. The van der Waals surface area contributed by atoms with Crippen LogP contribution in [0.25, 0.3) is 0 Å². The molecule has 2 N–H and O–H groups in total. The van der Waals surface area contributed by atoms with Crippen LogP contribution in [-0.4, -0.2) is 75.1 Å². The van der Waals surface area contributed by atoms with Crippen LogP contribution in [0.3, 0.4) is 0 Å². The van der Waals surface area contributed by atoms with Crippen LogP contribution in [0.4, 0.5) is 0 Å². The summed E-state index contributed by atoms with van der Waals surface area (Å²) in [5, 5.41) is 0. The lowest BCUT2D eigenvalue weighted by molar-refractivity contribution is -0.139. The zero-order chi connectivity index (χ0) is 16.3. The number of sulfonamides is 1. The maximum absolute atomic E-state index is 12.6. The molecule has 2 rings (SSSR count). The molecule has 9 heteroatoms. The quantitative estimate of drug-likeness (QED) is 0.684. The van der Waals surface area contributed by atoms with Gasteiger partial charge in [0.15, 0.2) is 0 Å². The Balaban J connectivity index is 2.12. The van der Waals surface area contributed by atoms with E-state index in [0.717, 1.165) is 6.26 Å². The number of ether oxygens (including phenoxy) is 1. The van der Waals surface area contributed by atoms with Crippen molar-refractivity contribution in [2.45, 2.75) is 12.8 Å². The van der Waals surface area contributed by atoms with E-state index in [9.17, 15) is 18.0 Å². The number of rotatable bonds is 3. The van der Waals surface area contributed by atoms with Gasteiger partial charge in [0.25, 0.3) is 0 Å². The predicted molar refractivity (Wildman–Crippen MR) is 79.2 cm³/mol. The van der Waals surface area contributed by atoms with Crippen LogP contribution in [0.2, 0.25) is 0 Å². The van der Waals surface area contributed by atoms with Gasteiger partial charge in [-0.2, -0.15) is 4.31 Å². The van der Waals surface area contributed by atoms with Crippen LogP contribution in [0, 0.1) is 11.8 Å². The zero-order valence-electron chi connectivity index (χ0n) is 12.7. The summed E-state index contributed by atoms with van der Waals surface area (Å²) >= 11 is 0. The van der Waals surface area contributed by atoms with Crippen LogP contribution < -0.4 is 5.73 Å². The molecule has 0 aromatic heterocycles. The van der Waals surface area contributed by atoms with Crippen molar-refractivity contribution < 1.29 is 22.7 Å². The molecule has 1 atom stereocenters. The van der Waals surface area contributed by atoms with E-state index in [1.165, 1.54) is 4.31 Å². The Hall–Kier alpha value is -1.19. The van der Waals surface area contributed by atoms with Crippen molar-refractivity contribution >= 4 is 21.8 Å². The first-order valence-corrected chi connectivity index (χ1v) is 9.25. The highest BCUT2D eigenvalue weighted by atomic mass is 32.2. The third-order valence-electron chi connectivity index (χ3n) is 4.24. The molecule has 2 amide bonds. The maximum atomic E-state index is 12.6. The lowest BCUT2D eigenvalue weighted by atomic mass is 9.98. The largest absolute Gasteiger partial charge is 0.381 e. The second kappa shape index (κ2) is 6.93. The minimum Gasteiger partial charge on any atom is -0.381 e. The molecule has 0 unspecified atom stereocenters. The van der Waals surface area contributed by atoms with Gasteiger partial charge in [0, 0.05) is 45.3 Å². The molecule has 2 heterocycles. The second-order valence-corrected chi connectivity index (χ2v) is 7.87. The molecule has 2 saturated heterocycles. The van der Waals surface area contributed by atoms with Crippen LogP contribution in [0.1, 0.15) is 12.8 Å². The van der Waals surface area contributed by atoms with Gasteiger partial charge in [0.2, 0.25) is 21.8 Å². The van der Waals surface area contributed by atoms with E-state index < -0.39 is 21.8 Å². The van der Waals surface area contributed by atoms with Crippen molar-refractivity contribution in [2.75, 3.05) is 45.6 Å². The number of nitrogens with zero attached hydrogens (tertiary/aromatic N) is 2. The van der Waals surface area contributed by atoms with Gasteiger partial charge in [-0.25, -0.2) is 8.42 Å². The summed E-state index contributed by atoms with van der Waals surface area (Å²) in [6.45, 7) is 1.80. The standard InChI is InChI=1S/C13H23N3O5S/c1-22(19,20)16-5-4-15(8-11(9-16)12(14)17)13(18)10-2-6-21-7-3-10/h10-11H,2-9H2,1H3,(H2,14,17)/t11-/m0/s1. The van der Waals surface area contributed by atoms with E-state index in [4.69, 9.17) is 10.5 Å². The highest BCUT2D eigenvalue weighted by Crippen LogP contribution is 2.20. The summed E-state index contributed by atoms with van der Waals surface area (Å²) in [7, 11) is -3.42. The average Bonchev–Trinajstić information content (AvgIpc) is 2.70. The Morgan fingerprint density at radius 1 is 1.09 bits per heavy atom. The molecule has 8 nitrogen and oxygen atoms in total. The SMILES string of the molecule is CS(=O)(=O)N1CCN(C(=O)C2CCOCC2)C[C@H](C(N)=O)C1. The fourth-order valence-electron chi connectivity index (χ4n) is 2.87. The van der Waals surface area contributed by atoms with Crippen molar-refractivity contribution in [3.63, 3.8) is 0 Å². The molecule has 2 aliphatic heterocycles. The smallest absolute Gasteiger partial charge is 0.225 e. The van der Waals surface area contributed by atoms with Gasteiger partial charge in [-0.3, -0.25) is 9.59 Å². The number of nitrogens with two attached hydrogens (primary N) is 1. The molecule has 2 aliphatic rings. The van der Waals surface area contributed by atoms with Crippen molar-refractivity contribution in [3.8, 4) is 0 Å². The molecule has 0 bridgehead atoms. The van der Waals surface area contributed by atoms with Crippen LogP contribution in [0.15, 0.2) is 0 Å². The van der Waals surface area contributed by atoms with Gasteiger partial charge in [-0.15, -0.1) is 0 Å². The fraction of sp³-hybridized carbons (Fsp3) is 0.846. The number of hydrogen-bond acceptors (Lipinski definition) is 5. The number of carbonyl (C=O) groups is 2. The summed E-state index contributed by atoms with van der Waals surface area (Å²) in [4.78, 5) is 25.7. The molecule has 0 aliphatic carbocycles. The number of amides is 2. The molecule has 2 fully saturated rings. The fourth-order valence-corrected chi connectivity index (χ4v) is 3.73. The Kier molecular flexibility index (Phi) is 5.41. The van der Waals surface area contributed by atoms with Gasteiger partial charge < -0.3 is 15.4 Å². The first kappa shape index (κ1) is 17.2.